The first-order chi connectivity index (χ1) is 8.20. The quantitative estimate of drug-likeness (QED) is 0.902. The lowest BCUT2D eigenvalue weighted by Gasteiger charge is -2.06. The Balaban J connectivity index is 2.35. The first-order valence-electron chi connectivity index (χ1n) is 5.79. The molecular weight excluding hydrogens is 230 g/mol. The molecule has 0 fully saturated rings. The van der Waals surface area contributed by atoms with Gasteiger partial charge in [0, 0.05) is 23.2 Å². The van der Waals surface area contributed by atoms with E-state index in [-0.39, 0.29) is 0 Å². The number of thiophene rings is 1. The molecule has 0 aromatic carbocycles. The molecule has 1 N–H and O–H groups in total. The molecule has 0 saturated heterocycles. The van der Waals surface area contributed by atoms with E-state index in [2.05, 4.69) is 39.9 Å². The Morgan fingerprint density at radius 3 is 2.71 bits per heavy atom. The standard InChI is InChI=1S/C13H17N3S/c1-4-14-6-11-5-10(3)15-13(16-11)12-8-17-7-9(12)2/h5,7-8,14H,4,6H2,1-3H3. The van der Waals surface area contributed by atoms with Crippen LogP contribution in [0.3, 0.4) is 0 Å². The largest absolute Gasteiger partial charge is 0.311 e. The first-order valence-corrected chi connectivity index (χ1v) is 6.73. The van der Waals surface area contributed by atoms with E-state index >= 15 is 0 Å². The molecule has 0 amide bonds. The summed E-state index contributed by atoms with van der Waals surface area (Å²) >= 11 is 1.69. The van der Waals surface area contributed by atoms with Crippen LogP contribution in [0.15, 0.2) is 16.8 Å². The molecule has 0 aliphatic rings. The third-order valence-electron chi connectivity index (χ3n) is 2.56. The topological polar surface area (TPSA) is 37.8 Å². The number of hydrogen-bond acceptors (Lipinski definition) is 4. The highest BCUT2D eigenvalue weighted by molar-refractivity contribution is 7.08. The summed E-state index contributed by atoms with van der Waals surface area (Å²) in [5, 5.41) is 7.53. The third-order valence-corrected chi connectivity index (χ3v) is 3.42. The fourth-order valence-corrected chi connectivity index (χ4v) is 2.51. The second-order valence-electron chi connectivity index (χ2n) is 4.07. The van der Waals surface area contributed by atoms with Crippen LogP contribution in [-0.2, 0) is 6.54 Å². The molecule has 2 rings (SSSR count). The van der Waals surface area contributed by atoms with E-state index in [1.54, 1.807) is 11.3 Å². The summed E-state index contributed by atoms with van der Waals surface area (Å²) in [6.07, 6.45) is 0. The van der Waals surface area contributed by atoms with E-state index in [9.17, 15) is 0 Å². The average molecular weight is 247 g/mol. The number of aryl methyl sites for hydroxylation is 2. The first kappa shape index (κ1) is 12.2. The Hall–Kier alpha value is -1.26. The minimum absolute atomic E-state index is 0.802. The van der Waals surface area contributed by atoms with Crippen LogP contribution in [0.25, 0.3) is 11.4 Å². The van der Waals surface area contributed by atoms with Gasteiger partial charge in [0.1, 0.15) is 0 Å². The van der Waals surface area contributed by atoms with Crippen LogP contribution >= 0.6 is 11.3 Å². The molecule has 0 unspecified atom stereocenters. The summed E-state index contributed by atoms with van der Waals surface area (Å²) in [6, 6.07) is 2.04. The number of rotatable bonds is 4. The van der Waals surface area contributed by atoms with Crippen molar-refractivity contribution in [2.24, 2.45) is 0 Å². The molecule has 0 atom stereocenters. The Morgan fingerprint density at radius 1 is 1.24 bits per heavy atom. The third kappa shape index (κ3) is 2.90. The van der Waals surface area contributed by atoms with E-state index < -0.39 is 0 Å². The number of nitrogens with zero attached hydrogens (tertiary/aromatic N) is 2. The molecule has 0 radical (unpaired) electrons. The van der Waals surface area contributed by atoms with Crippen LogP contribution in [0, 0.1) is 13.8 Å². The molecule has 0 aliphatic heterocycles. The molecule has 4 heteroatoms. The lowest BCUT2D eigenvalue weighted by Crippen LogP contribution is -2.13. The molecule has 0 saturated carbocycles. The second kappa shape index (κ2) is 5.38. The fourth-order valence-electron chi connectivity index (χ4n) is 1.69. The number of hydrogen-bond donors (Lipinski definition) is 1. The average Bonchev–Trinajstić information content (AvgIpc) is 2.72. The zero-order chi connectivity index (χ0) is 12.3. The van der Waals surface area contributed by atoms with Crippen molar-refractivity contribution >= 4 is 11.3 Å². The number of nitrogens with one attached hydrogen (secondary N) is 1. The molecular formula is C13H17N3S. The predicted octanol–water partition coefficient (Wildman–Crippen LogP) is 2.93. The van der Waals surface area contributed by atoms with Crippen molar-refractivity contribution in [3.05, 3.63) is 33.8 Å². The van der Waals surface area contributed by atoms with Crippen LogP contribution in [0.4, 0.5) is 0 Å². The van der Waals surface area contributed by atoms with E-state index in [4.69, 9.17) is 0 Å². The SMILES string of the molecule is CCNCc1cc(C)nc(-c2cscc2C)n1. The van der Waals surface area contributed by atoms with Gasteiger partial charge in [-0.15, -0.1) is 0 Å². The smallest absolute Gasteiger partial charge is 0.160 e. The van der Waals surface area contributed by atoms with Gasteiger partial charge in [0.15, 0.2) is 5.82 Å². The highest BCUT2D eigenvalue weighted by Crippen LogP contribution is 2.24. The molecule has 2 aromatic rings. The normalized spacial score (nSPS) is 10.8. The lowest BCUT2D eigenvalue weighted by molar-refractivity contribution is 0.708. The summed E-state index contributed by atoms with van der Waals surface area (Å²) in [5.74, 6) is 0.844. The molecule has 3 nitrogen and oxygen atoms in total. The van der Waals surface area contributed by atoms with Crippen molar-refractivity contribution in [3.63, 3.8) is 0 Å². The van der Waals surface area contributed by atoms with Gasteiger partial charge >= 0.3 is 0 Å². The maximum atomic E-state index is 4.61. The Bertz CT molecular complexity index is 505. The molecule has 0 spiro atoms. The van der Waals surface area contributed by atoms with Crippen molar-refractivity contribution in [2.45, 2.75) is 27.3 Å². The highest BCUT2D eigenvalue weighted by atomic mass is 32.1. The van der Waals surface area contributed by atoms with Gasteiger partial charge < -0.3 is 5.32 Å². The van der Waals surface area contributed by atoms with Crippen LogP contribution in [0.5, 0.6) is 0 Å². The van der Waals surface area contributed by atoms with Crippen molar-refractivity contribution in [1.29, 1.82) is 0 Å². The van der Waals surface area contributed by atoms with Gasteiger partial charge in [-0.1, -0.05) is 6.92 Å². The van der Waals surface area contributed by atoms with Crippen molar-refractivity contribution < 1.29 is 0 Å². The Kier molecular flexibility index (Phi) is 3.86. The minimum atomic E-state index is 0.802. The van der Waals surface area contributed by atoms with E-state index in [1.807, 2.05) is 13.0 Å². The van der Waals surface area contributed by atoms with Gasteiger partial charge in [-0.2, -0.15) is 11.3 Å². The summed E-state index contributed by atoms with van der Waals surface area (Å²) in [6.45, 7) is 7.97. The van der Waals surface area contributed by atoms with E-state index in [0.29, 0.717) is 0 Å². The van der Waals surface area contributed by atoms with E-state index in [0.717, 1.165) is 35.9 Å². The molecule has 0 aliphatic carbocycles. The Morgan fingerprint density at radius 2 is 2.06 bits per heavy atom. The highest BCUT2D eigenvalue weighted by Gasteiger charge is 2.08. The fraction of sp³-hybridized carbons (Fsp3) is 0.385. The number of aromatic nitrogens is 2. The summed E-state index contributed by atoms with van der Waals surface area (Å²) in [7, 11) is 0. The molecule has 2 aromatic heterocycles. The van der Waals surface area contributed by atoms with Gasteiger partial charge in [0.05, 0.1) is 5.69 Å². The van der Waals surface area contributed by atoms with Gasteiger partial charge in [-0.3, -0.25) is 0 Å². The predicted molar refractivity (Wildman–Crippen MR) is 72.2 cm³/mol. The van der Waals surface area contributed by atoms with Gasteiger partial charge in [0.25, 0.3) is 0 Å². The van der Waals surface area contributed by atoms with E-state index in [1.165, 1.54) is 5.56 Å². The molecule has 0 bridgehead atoms. The second-order valence-corrected chi connectivity index (χ2v) is 4.82. The zero-order valence-corrected chi connectivity index (χ0v) is 11.3. The maximum Gasteiger partial charge on any atom is 0.160 e. The zero-order valence-electron chi connectivity index (χ0n) is 10.4. The molecule has 2 heterocycles. The van der Waals surface area contributed by atoms with Crippen LogP contribution in [0.1, 0.15) is 23.9 Å². The summed E-state index contributed by atoms with van der Waals surface area (Å²) < 4.78 is 0. The minimum Gasteiger partial charge on any atom is -0.311 e. The lowest BCUT2D eigenvalue weighted by atomic mass is 10.2. The van der Waals surface area contributed by atoms with Crippen molar-refractivity contribution in [1.82, 2.24) is 15.3 Å². The summed E-state index contributed by atoms with van der Waals surface area (Å²) in [5.41, 5.74) is 4.47. The van der Waals surface area contributed by atoms with Crippen LogP contribution in [0.2, 0.25) is 0 Å². The van der Waals surface area contributed by atoms with Crippen LogP contribution < -0.4 is 5.32 Å². The van der Waals surface area contributed by atoms with Gasteiger partial charge in [-0.25, -0.2) is 9.97 Å². The van der Waals surface area contributed by atoms with Crippen molar-refractivity contribution in [2.75, 3.05) is 6.54 Å². The maximum absolute atomic E-state index is 4.61. The monoisotopic (exact) mass is 247 g/mol. The molecule has 17 heavy (non-hydrogen) atoms. The van der Waals surface area contributed by atoms with Crippen molar-refractivity contribution in [3.8, 4) is 11.4 Å². The molecule has 90 valence electrons. The van der Waals surface area contributed by atoms with Gasteiger partial charge in [-0.05, 0) is 37.4 Å². The van der Waals surface area contributed by atoms with Crippen LogP contribution in [-0.4, -0.2) is 16.5 Å². The Labute approximate surface area is 106 Å². The summed E-state index contributed by atoms with van der Waals surface area (Å²) in [4.78, 5) is 9.12. The van der Waals surface area contributed by atoms with Gasteiger partial charge in [0.2, 0.25) is 0 Å².